The number of nitrogens with two attached hydrogens (primary N) is 1. The Morgan fingerprint density at radius 3 is 2.50 bits per heavy atom. The highest BCUT2D eigenvalue weighted by Crippen LogP contribution is 2.27. The molecule has 2 aromatic rings. The van der Waals surface area contributed by atoms with E-state index in [2.05, 4.69) is 10.3 Å². The zero-order valence-electron chi connectivity index (χ0n) is 14.3. The van der Waals surface area contributed by atoms with E-state index in [1.165, 1.54) is 11.3 Å². The van der Waals surface area contributed by atoms with Crippen LogP contribution in [0, 0.1) is 0 Å². The van der Waals surface area contributed by atoms with Gasteiger partial charge in [-0.05, 0) is 37.1 Å². The zero-order valence-corrected chi connectivity index (χ0v) is 18.3. The number of sulfonamides is 1. The van der Waals surface area contributed by atoms with Crippen LogP contribution in [0.25, 0.3) is 0 Å². The summed E-state index contributed by atoms with van der Waals surface area (Å²) in [7, 11) is -3.37. The van der Waals surface area contributed by atoms with E-state index in [4.69, 9.17) is 5.73 Å². The first kappa shape index (κ1) is 21.1. The minimum Gasteiger partial charge on any atom is -0.370 e. The van der Waals surface area contributed by atoms with Crippen molar-refractivity contribution in [1.82, 2.24) is 4.31 Å². The van der Waals surface area contributed by atoms with E-state index in [9.17, 15) is 8.42 Å². The molecule has 1 saturated heterocycles. The molecule has 3 rings (SSSR count). The SMILES string of the molecule is I.NC(=NCc1ccc(S(=O)(=O)N2CCCCC2)s1)Nc1ccccc1. The Balaban J connectivity index is 0.00000243. The fourth-order valence-corrected chi connectivity index (χ4v) is 5.64. The van der Waals surface area contributed by atoms with Crippen molar-refractivity contribution in [3.63, 3.8) is 0 Å². The molecule has 0 radical (unpaired) electrons. The van der Waals surface area contributed by atoms with Gasteiger partial charge in [0.15, 0.2) is 5.96 Å². The second-order valence-corrected chi connectivity index (χ2v) is 9.21. The molecular formula is C17H23IN4O2S2. The molecule has 0 amide bonds. The monoisotopic (exact) mass is 506 g/mol. The summed E-state index contributed by atoms with van der Waals surface area (Å²) in [6.07, 6.45) is 2.97. The summed E-state index contributed by atoms with van der Waals surface area (Å²) in [6, 6.07) is 13.0. The summed E-state index contributed by atoms with van der Waals surface area (Å²) in [6.45, 7) is 1.58. The van der Waals surface area contributed by atoms with Crippen molar-refractivity contribution in [3.8, 4) is 0 Å². The molecule has 9 heteroatoms. The number of benzene rings is 1. The first-order valence-electron chi connectivity index (χ1n) is 8.26. The van der Waals surface area contributed by atoms with Gasteiger partial charge in [-0.25, -0.2) is 13.4 Å². The van der Waals surface area contributed by atoms with Gasteiger partial charge >= 0.3 is 0 Å². The van der Waals surface area contributed by atoms with Crippen LogP contribution in [-0.4, -0.2) is 31.8 Å². The first-order chi connectivity index (χ1) is 12.1. The van der Waals surface area contributed by atoms with Gasteiger partial charge < -0.3 is 11.1 Å². The van der Waals surface area contributed by atoms with Crippen LogP contribution in [0.4, 0.5) is 5.69 Å². The maximum absolute atomic E-state index is 12.6. The van der Waals surface area contributed by atoms with Gasteiger partial charge in [-0.2, -0.15) is 4.31 Å². The number of anilines is 1. The summed E-state index contributed by atoms with van der Waals surface area (Å²) in [5, 5.41) is 3.01. The van der Waals surface area contributed by atoms with E-state index in [1.807, 2.05) is 30.3 Å². The standard InChI is InChI=1S/C17H22N4O2S2.HI/c18-17(20-14-7-3-1-4-8-14)19-13-15-9-10-16(24-15)25(22,23)21-11-5-2-6-12-21;/h1,3-4,7-10H,2,5-6,11-13H2,(H3,18,19,20);1H. The lowest BCUT2D eigenvalue weighted by Gasteiger charge is -2.25. The number of piperidine rings is 1. The fourth-order valence-electron chi connectivity index (χ4n) is 2.69. The van der Waals surface area contributed by atoms with Crippen molar-refractivity contribution in [2.45, 2.75) is 30.0 Å². The van der Waals surface area contributed by atoms with Crippen molar-refractivity contribution in [2.24, 2.45) is 10.7 Å². The van der Waals surface area contributed by atoms with Gasteiger partial charge in [-0.15, -0.1) is 35.3 Å². The van der Waals surface area contributed by atoms with E-state index >= 15 is 0 Å². The second-order valence-electron chi connectivity index (χ2n) is 5.88. The molecule has 1 aromatic heterocycles. The average Bonchev–Trinajstić information content (AvgIpc) is 3.11. The predicted octanol–water partition coefficient (Wildman–Crippen LogP) is 3.47. The Kier molecular flexibility index (Phi) is 7.86. The van der Waals surface area contributed by atoms with Crippen molar-refractivity contribution < 1.29 is 8.42 Å². The van der Waals surface area contributed by atoms with Crippen LogP contribution in [0.2, 0.25) is 0 Å². The summed E-state index contributed by atoms with van der Waals surface area (Å²) >= 11 is 1.26. The van der Waals surface area contributed by atoms with Crippen LogP contribution in [0.5, 0.6) is 0 Å². The molecular weight excluding hydrogens is 483 g/mol. The molecule has 0 bridgehead atoms. The summed E-state index contributed by atoms with van der Waals surface area (Å²) in [5.41, 5.74) is 6.74. The predicted molar refractivity (Wildman–Crippen MR) is 118 cm³/mol. The van der Waals surface area contributed by atoms with Gasteiger partial charge in [0.25, 0.3) is 10.0 Å². The Morgan fingerprint density at radius 2 is 1.81 bits per heavy atom. The van der Waals surface area contributed by atoms with Crippen LogP contribution >= 0.6 is 35.3 Å². The lowest BCUT2D eigenvalue weighted by atomic mass is 10.2. The molecule has 6 nitrogen and oxygen atoms in total. The van der Waals surface area contributed by atoms with Gasteiger partial charge in [0.05, 0.1) is 6.54 Å². The van der Waals surface area contributed by atoms with Gasteiger partial charge in [-0.3, -0.25) is 0 Å². The molecule has 1 fully saturated rings. The molecule has 0 saturated carbocycles. The first-order valence-corrected chi connectivity index (χ1v) is 10.5. The quantitative estimate of drug-likeness (QED) is 0.370. The van der Waals surface area contributed by atoms with Crippen LogP contribution in [-0.2, 0) is 16.6 Å². The van der Waals surface area contributed by atoms with Gasteiger partial charge in [-0.1, -0.05) is 24.6 Å². The van der Waals surface area contributed by atoms with E-state index < -0.39 is 10.0 Å². The van der Waals surface area contributed by atoms with Gasteiger partial charge in [0, 0.05) is 23.7 Å². The zero-order chi connectivity index (χ0) is 17.7. The van der Waals surface area contributed by atoms with E-state index in [-0.39, 0.29) is 24.0 Å². The molecule has 2 heterocycles. The number of nitrogens with one attached hydrogen (secondary N) is 1. The second kappa shape index (κ2) is 9.67. The molecule has 0 unspecified atom stereocenters. The highest BCUT2D eigenvalue weighted by atomic mass is 127. The Morgan fingerprint density at radius 1 is 1.12 bits per heavy atom. The third-order valence-corrected chi connectivity index (χ3v) is 7.43. The number of guanidine groups is 1. The largest absolute Gasteiger partial charge is 0.370 e. The van der Waals surface area contributed by atoms with Crippen LogP contribution < -0.4 is 11.1 Å². The molecule has 0 spiro atoms. The van der Waals surface area contributed by atoms with E-state index in [0.717, 1.165) is 29.8 Å². The minimum atomic E-state index is -3.37. The molecule has 1 aliphatic rings. The fraction of sp³-hybridized carbons (Fsp3) is 0.353. The molecule has 26 heavy (non-hydrogen) atoms. The number of para-hydroxylation sites is 1. The number of hydrogen-bond acceptors (Lipinski definition) is 4. The summed E-state index contributed by atoms with van der Waals surface area (Å²) in [5.74, 6) is 0.306. The molecule has 1 aromatic carbocycles. The van der Waals surface area contributed by atoms with Crippen molar-refractivity contribution in [2.75, 3.05) is 18.4 Å². The lowest BCUT2D eigenvalue weighted by molar-refractivity contribution is 0.347. The third kappa shape index (κ3) is 5.41. The summed E-state index contributed by atoms with van der Waals surface area (Å²) in [4.78, 5) is 5.15. The molecule has 0 aliphatic carbocycles. The van der Waals surface area contributed by atoms with E-state index in [1.54, 1.807) is 16.4 Å². The van der Waals surface area contributed by atoms with Gasteiger partial charge in [0.2, 0.25) is 0 Å². The Hall–Kier alpha value is -1.17. The smallest absolute Gasteiger partial charge is 0.252 e. The number of thiophene rings is 1. The normalized spacial score (nSPS) is 16.1. The Labute approximate surface area is 175 Å². The summed E-state index contributed by atoms with van der Waals surface area (Å²) < 4.78 is 27.3. The van der Waals surface area contributed by atoms with E-state index in [0.29, 0.717) is 29.8 Å². The average molecular weight is 506 g/mol. The topological polar surface area (TPSA) is 87.8 Å². The molecule has 3 N–H and O–H groups in total. The number of rotatable bonds is 5. The Bertz CT molecular complexity index is 831. The highest BCUT2D eigenvalue weighted by molar-refractivity contribution is 14.0. The number of hydrogen-bond donors (Lipinski definition) is 2. The van der Waals surface area contributed by atoms with Crippen molar-refractivity contribution in [1.29, 1.82) is 0 Å². The number of nitrogens with zero attached hydrogens (tertiary/aromatic N) is 2. The number of aliphatic imine (C=N–C) groups is 1. The van der Waals surface area contributed by atoms with Crippen molar-refractivity contribution >= 4 is 57.0 Å². The maximum atomic E-state index is 12.6. The molecule has 1 aliphatic heterocycles. The number of halogens is 1. The highest BCUT2D eigenvalue weighted by Gasteiger charge is 2.27. The van der Waals surface area contributed by atoms with Crippen LogP contribution in [0.1, 0.15) is 24.1 Å². The molecule has 0 atom stereocenters. The van der Waals surface area contributed by atoms with Crippen molar-refractivity contribution in [3.05, 3.63) is 47.3 Å². The van der Waals surface area contributed by atoms with Gasteiger partial charge in [0.1, 0.15) is 4.21 Å². The maximum Gasteiger partial charge on any atom is 0.252 e. The third-order valence-electron chi connectivity index (χ3n) is 4.00. The lowest BCUT2D eigenvalue weighted by Crippen LogP contribution is -2.35. The van der Waals surface area contributed by atoms with Crippen LogP contribution in [0.15, 0.2) is 51.7 Å². The minimum absolute atomic E-state index is 0. The molecule has 142 valence electrons. The van der Waals surface area contributed by atoms with Crippen LogP contribution in [0.3, 0.4) is 0 Å².